The van der Waals surface area contributed by atoms with Crippen LogP contribution in [0.3, 0.4) is 0 Å². The molecule has 0 saturated heterocycles. The highest BCUT2D eigenvalue weighted by Gasteiger charge is 2.62. The maximum atomic E-state index is 2.60. The summed E-state index contributed by atoms with van der Waals surface area (Å²) in [6.07, 6.45) is 16.9. The largest absolute Gasteiger partial charge is 0.334 e. The molecule has 0 aliphatic heterocycles. The standard InChI is InChI=1S/C75H58N2/c1-49-22-41-70-71(42-49)74(60-27-35-62(36-28-60)76(64-31-23-52-12-4-8-16-56(52)45-64)65-32-24-53-13-5-9-17-57(53)46-65)68-39-20-50(2)43-72(68)75(70,73-44-51(3)21-40-69(73)74)61-29-37-63(38-30-61)77(66-33-25-54-14-6-10-18-58(54)47-66)67-34-26-55-15-7-11-19-59(55)48-67/h4-29,31-35,37-48,61-62H,30,36H2,1-3H3. The minimum Gasteiger partial charge on any atom is -0.334 e. The molecule has 368 valence electrons. The van der Waals surface area contributed by atoms with Crippen molar-refractivity contribution in [3.8, 4) is 0 Å². The molecule has 2 heteroatoms. The van der Waals surface area contributed by atoms with E-state index in [0.29, 0.717) is 0 Å². The Morgan fingerprint density at radius 3 is 1.22 bits per heavy atom. The van der Waals surface area contributed by atoms with Gasteiger partial charge in [0.1, 0.15) is 0 Å². The van der Waals surface area contributed by atoms with Gasteiger partial charge in [0.2, 0.25) is 0 Å². The van der Waals surface area contributed by atoms with Crippen molar-refractivity contribution < 1.29 is 0 Å². The second-order valence-corrected chi connectivity index (χ2v) is 22.2. The van der Waals surface area contributed by atoms with Gasteiger partial charge in [-0.05, 0) is 176 Å². The second kappa shape index (κ2) is 17.5. The lowest BCUT2D eigenvalue weighted by Gasteiger charge is -2.60. The van der Waals surface area contributed by atoms with Crippen molar-refractivity contribution in [2.45, 2.75) is 50.5 Å². The molecule has 2 nitrogen and oxygen atoms in total. The fraction of sp³-hybridized carbons (Fsp3) is 0.120. The number of hydrogen-bond donors (Lipinski definition) is 0. The van der Waals surface area contributed by atoms with Crippen LogP contribution in [0.1, 0.15) is 62.9 Å². The van der Waals surface area contributed by atoms with Crippen LogP contribution in [0, 0.1) is 26.7 Å². The maximum Gasteiger partial charge on any atom is 0.0707 e. The number of hydrogen-bond acceptors (Lipinski definition) is 2. The van der Waals surface area contributed by atoms with Gasteiger partial charge in [-0.1, -0.05) is 223 Å². The third-order valence-corrected chi connectivity index (χ3v) is 17.8. The van der Waals surface area contributed by atoms with E-state index in [2.05, 4.69) is 291 Å². The summed E-state index contributed by atoms with van der Waals surface area (Å²) < 4.78 is 0. The van der Waals surface area contributed by atoms with E-state index in [1.807, 2.05) is 0 Å². The number of allylic oxidation sites excluding steroid dienone is 5. The number of aryl methyl sites for hydroxylation is 3. The Hall–Kier alpha value is -8.98. The smallest absolute Gasteiger partial charge is 0.0707 e. The van der Waals surface area contributed by atoms with Crippen LogP contribution in [-0.2, 0) is 10.8 Å². The van der Waals surface area contributed by atoms with Gasteiger partial charge in [-0.2, -0.15) is 0 Å². The van der Waals surface area contributed by atoms with Crippen molar-refractivity contribution in [1.82, 2.24) is 0 Å². The number of fused-ring (bicyclic) bond motifs is 4. The van der Waals surface area contributed by atoms with Crippen molar-refractivity contribution >= 4 is 65.8 Å². The Kier molecular flexibility index (Phi) is 10.4. The molecule has 2 bridgehead atoms. The van der Waals surface area contributed by atoms with Crippen molar-refractivity contribution in [2.75, 3.05) is 9.80 Å². The fourth-order valence-corrected chi connectivity index (χ4v) is 14.3. The molecular weight excluding hydrogens is 929 g/mol. The van der Waals surface area contributed by atoms with Gasteiger partial charge in [0, 0.05) is 28.4 Å². The van der Waals surface area contributed by atoms with E-state index in [1.165, 1.54) is 116 Å². The van der Waals surface area contributed by atoms with Crippen LogP contribution >= 0.6 is 0 Å². The van der Waals surface area contributed by atoms with E-state index in [1.54, 1.807) is 0 Å². The molecule has 11 aromatic rings. The van der Waals surface area contributed by atoms with Crippen molar-refractivity contribution in [1.29, 1.82) is 0 Å². The zero-order valence-corrected chi connectivity index (χ0v) is 43.8. The molecule has 0 spiro atoms. The Morgan fingerprint density at radius 1 is 0.351 bits per heavy atom. The molecule has 11 aromatic carbocycles. The van der Waals surface area contributed by atoms with E-state index in [-0.39, 0.29) is 12.0 Å². The van der Waals surface area contributed by atoms with E-state index in [9.17, 15) is 0 Å². The minimum atomic E-state index is -0.518. The van der Waals surface area contributed by atoms with Gasteiger partial charge in [0.15, 0.2) is 0 Å². The summed E-state index contributed by atoms with van der Waals surface area (Å²) in [5.74, 6) is 0.139. The first-order chi connectivity index (χ1) is 37.8. The Labute approximate surface area is 451 Å². The third-order valence-electron chi connectivity index (χ3n) is 17.8. The SMILES string of the molecule is Cc1ccc2c(c1)C1(C3=CCC(N(c4ccc5ccccc5c4)c4ccc5ccccc5c4)C=C3)c3ccc(C)cc3C2(C2C=CC(N(c3ccc4ccccc4c3)c3ccc4ccccc4c3)=CC2)c2cc(C)ccc21. The third kappa shape index (κ3) is 6.94. The van der Waals surface area contributed by atoms with Gasteiger partial charge in [0.25, 0.3) is 0 Å². The zero-order valence-electron chi connectivity index (χ0n) is 43.8. The molecular formula is C75H58N2. The summed E-state index contributed by atoms with van der Waals surface area (Å²) in [5, 5.41) is 9.95. The molecule has 0 heterocycles. The lowest BCUT2D eigenvalue weighted by molar-refractivity contribution is 0.391. The quantitative estimate of drug-likeness (QED) is 0.150. The van der Waals surface area contributed by atoms with Gasteiger partial charge in [-0.25, -0.2) is 0 Å². The van der Waals surface area contributed by atoms with Crippen LogP contribution in [0.25, 0.3) is 43.1 Å². The summed E-state index contributed by atoms with van der Waals surface area (Å²) in [6, 6.07) is 85.0. The number of benzene rings is 11. The summed E-state index contributed by atoms with van der Waals surface area (Å²) >= 11 is 0. The van der Waals surface area contributed by atoms with Crippen LogP contribution < -0.4 is 9.80 Å². The number of rotatable bonds is 8. The maximum absolute atomic E-state index is 2.60. The summed E-state index contributed by atoms with van der Waals surface area (Å²) in [6.45, 7) is 6.85. The predicted molar refractivity (Wildman–Crippen MR) is 324 cm³/mol. The van der Waals surface area contributed by atoms with Crippen LogP contribution in [0.15, 0.2) is 272 Å². The molecule has 5 aliphatic carbocycles. The molecule has 2 atom stereocenters. The van der Waals surface area contributed by atoms with Crippen molar-refractivity contribution in [2.24, 2.45) is 5.92 Å². The molecule has 0 aromatic heterocycles. The molecule has 0 radical (unpaired) electrons. The minimum absolute atomic E-state index is 0.0906. The monoisotopic (exact) mass is 986 g/mol. The topological polar surface area (TPSA) is 6.48 Å². The van der Waals surface area contributed by atoms with Crippen LogP contribution in [0.4, 0.5) is 22.7 Å². The zero-order chi connectivity index (χ0) is 51.4. The van der Waals surface area contributed by atoms with Gasteiger partial charge in [-0.3, -0.25) is 0 Å². The molecule has 0 amide bonds. The predicted octanol–water partition coefficient (Wildman–Crippen LogP) is 18.9. The molecule has 5 aliphatic rings. The number of nitrogens with zero attached hydrogens (tertiary/aromatic N) is 2. The molecule has 0 fully saturated rings. The van der Waals surface area contributed by atoms with E-state index >= 15 is 0 Å². The first-order valence-corrected chi connectivity index (χ1v) is 27.5. The molecule has 77 heavy (non-hydrogen) atoms. The average Bonchev–Trinajstić information content (AvgIpc) is 3.54. The summed E-state index contributed by atoms with van der Waals surface area (Å²) in [5.41, 5.74) is 18.7. The van der Waals surface area contributed by atoms with Crippen molar-refractivity contribution in [3.05, 3.63) is 322 Å². The highest BCUT2D eigenvalue weighted by Crippen LogP contribution is 2.68. The first-order valence-electron chi connectivity index (χ1n) is 27.5. The van der Waals surface area contributed by atoms with Crippen LogP contribution in [0.2, 0.25) is 0 Å². The van der Waals surface area contributed by atoms with Crippen molar-refractivity contribution in [3.63, 3.8) is 0 Å². The number of anilines is 4. The summed E-state index contributed by atoms with van der Waals surface area (Å²) in [7, 11) is 0. The molecule has 16 rings (SSSR count). The molecule has 2 unspecified atom stereocenters. The van der Waals surface area contributed by atoms with Gasteiger partial charge in [-0.15, -0.1) is 0 Å². The Morgan fingerprint density at radius 2 is 0.779 bits per heavy atom. The van der Waals surface area contributed by atoms with E-state index < -0.39 is 10.8 Å². The van der Waals surface area contributed by atoms with Crippen LogP contribution in [0.5, 0.6) is 0 Å². The fourth-order valence-electron chi connectivity index (χ4n) is 14.3. The lowest BCUT2D eigenvalue weighted by Crippen LogP contribution is -2.54. The first kappa shape index (κ1) is 45.4. The Bertz CT molecular complexity index is 4160. The van der Waals surface area contributed by atoms with E-state index in [0.717, 1.165) is 24.2 Å². The summed E-state index contributed by atoms with van der Waals surface area (Å²) in [4.78, 5) is 5.04. The lowest BCUT2D eigenvalue weighted by atomic mass is 9.42. The Balaban J connectivity index is 0.872. The molecule has 0 saturated carbocycles. The average molecular weight is 987 g/mol. The van der Waals surface area contributed by atoms with E-state index in [4.69, 9.17) is 0 Å². The van der Waals surface area contributed by atoms with Gasteiger partial charge >= 0.3 is 0 Å². The normalized spacial score (nSPS) is 19.9. The second-order valence-electron chi connectivity index (χ2n) is 22.2. The van der Waals surface area contributed by atoms with Gasteiger partial charge < -0.3 is 9.80 Å². The van der Waals surface area contributed by atoms with Gasteiger partial charge in [0.05, 0.1) is 16.9 Å². The molecule has 0 N–H and O–H groups in total. The highest BCUT2D eigenvalue weighted by molar-refractivity contribution is 5.93. The highest BCUT2D eigenvalue weighted by atomic mass is 15.2. The van der Waals surface area contributed by atoms with Crippen LogP contribution in [-0.4, -0.2) is 6.04 Å².